The van der Waals surface area contributed by atoms with Gasteiger partial charge in [0, 0.05) is 6.54 Å². The molecule has 4 rings (SSSR count). The number of esters is 1. The molecule has 4 heteroatoms. The first-order valence-corrected chi connectivity index (χ1v) is 10.2. The zero-order valence-corrected chi connectivity index (χ0v) is 17.2. The van der Waals surface area contributed by atoms with E-state index >= 15 is 0 Å². The molecule has 0 spiro atoms. The van der Waals surface area contributed by atoms with Crippen LogP contribution in [0.2, 0.25) is 0 Å². The molecule has 0 radical (unpaired) electrons. The number of aryl methyl sites for hydroxylation is 1. The molecule has 4 nitrogen and oxygen atoms in total. The fourth-order valence-corrected chi connectivity index (χ4v) is 4.29. The summed E-state index contributed by atoms with van der Waals surface area (Å²) in [5.41, 5.74) is 2.37. The van der Waals surface area contributed by atoms with Gasteiger partial charge in [0.05, 0.1) is 12.6 Å². The van der Waals surface area contributed by atoms with E-state index in [9.17, 15) is 9.59 Å². The molecule has 0 bridgehead atoms. The van der Waals surface area contributed by atoms with Crippen molar-refractivity contribution in [2.75, 3.05) is 6.61 Å². The Morgan fingerprint density at radius 3 is 2.13 bits per heavy atom. The Morgan fingerprint density at radius 2 is 1.53 bits per heavy atom. The summed E-state index contributed by atoms with van der Waals surface area (Å²) in [6.07, 6.45) is 0. The number of benzene rings is 3. The minimum atomic E-state index is -1.37. The molecule has 1 amide bonds. The molecule has 152 valence electrons. The van der Waals surface area contributed by atoms with Crippen LogP contribution in [0.15, 0.2) is 84.9 Å². The number of amides is 1. The molecule has 1 aliphatic heterocycles. The van der Waals surface area contributed by atoms with Crippen LogP contribution in [0.4, 0.5) is 0 Å². The molecule has 1 heterocycles. The van der Waals surface area contributed by atoms with E-state index in [4.69, 9.17) is 4.74 Å². The molecule has 2 atom stereocenters. The van der Waals surface area contributed by atoms with Crippen molar-refractivity contribution in [2.45, 2.75) is 31.8 Å². The zero-order chi connectivity index (χ0) is 21.1. The average Bonchev–Trinajstić information content (AvgIpc) is 2.78. The smallest absolute Gasteiger partial charge is 0.328 e. The van der Waals surface area contributed by atoms with Gasteiger partial charge in [-0.2, -0.15) is 0 Å². The number of carbonyl (C=O) groups excluding carboxylic acids is 2. The Bertz CT molecular complexity index is 1030. The predicted octanol–water partition coefficient (Wildman–Crippen LogP) is 4.58. The summed E-state index contributed by atoms with van der Waals surface area (Å²) < 4.78 is 5.46. The Balaban J connectivity index is 1.85. The van der Waals surface area contributed by atoms with E-state index in [0.717, 1.165) is 16.7 Å². The molecule has 0 saturated carbocycles. The van der Waals surface area contributed by atoms with Gasteiger partial charge >= 0.3 is 5.97 Å². The minimum absolute atomic E-state index is 0.221. The number of hydrogen-bond donors (Lipinski definition) is 0. The number of ether oxygens (including phenoxy) is 1. The van der Waals surface area contributed by atoms with E-state index in [1.807, 2.05) is 91.9 Å². The number of likely N-dealkylation sites (tertiary alicyclic amines) is 1. The van der Waals surface area contributed by atoms with E-state index in [1.54, 1.807) is 11.8 Å². The van der Waals surface area contributed by atoms with Gasteiger partial charge in [-0.15, -0.1) is 0 Å². The van der Waals surface area contributed by atoms with Gasteiger partial charge in [0.15, 0.2) is 5.41 Å². The molecule has 3 aromatic rings. The molecule has 0 aliphatic carbocycles. The van der Waals surface area contributed by atoms with Gasteiger partial charge in [-0.25, -0.2) is 0 Å². The first-order valence-electron chi connectivity index (χ1n) is 10.2. The lowest BCUT2D eigenvalue weighted by Gasteiger charge is -2.54. The van der Waals surface area contributed by atoms with Crippen molar-refractivity contribution < 1.29 is 14.3 Å². The van der Waals surface area contributed by atoms with Gasteiger partial charge in [-0.3, -0.25) is 9.59 Å². The van der Waals surface area contributed by atoms with Crippen LogP contribution in [-0.4, -0.2) is 23.4 Å². The van der Waals surface area contributed by atoms with Crippen LogP contribution in [0.25, 0.3) is 0 Å². The standard InChI is InChI=1S/C26H25NO3/c1-3-30-25(29)26(22-12-8-5-9-13-22)23(21-16-14-19(2)15-17-21)27(24(26)28)18-20-10-6-4-7-11-20/h4-17,23H,3,18H2,1-2H3. The molecule has 1 fully saturated rings. The number of β-lactam (4-membered cyclic amide) rings is 1. The fraction of sp³-hybridized carbons (Fsp3) is 0.231. The van der Waals surface area contributed by atoms with Crippen LogP contribution in [-0.2, 0) is 26.3 Å². The van der Waals surface area contributed by atoms with E-state index < -0.39 is 17.4 Å². The third-order valence-corrected chi connectivity index (χ3v) is 5.74. The maximum absolute atomic E-state index is 13.7. The largest absolute Gasteiger partial charge is 0.465 e. The van der Waals surface area contributed by atoms with Crippen LogP contribution in [0.5, 0.6) is 0 Å². The summed E-state index contributed by atoms with van der Waals surface area (Å²) in [4.78, 5) is 28.8. The van der Waals surface area contributed by atoms with Crippen LogP contribution >= 0.6 is 0 Å². The molecule has 30 heavy (non-hydrogen) atoms. The Labute approximate surface area is 177 Å². The van der Waals surface area contributed by atoms with Crippen LogP contribution in [0, 0.1) is 6.92 Å². The third kappa shape index (κ3) is 3.18. The van der Waals surface area contributed by atoms with Crippen LogP contribution in [0.1, 0.15) is 35.2 Å². The highest BCUT2D eigenvalue weighted by molar-refractivity contribution is 6.14. The number of nitrogens with zero attached hydrogens (tertiary/aromatic N) is 1. The van der Waals surface area contributed by atoms with Crippen LogP contribution < -0.4 is 0 Å². The van der Waals surface area contributed by atoms with Crippen molar-refractivity contribution in [1.82, 2.24) is 4.90 Å². The normalized spacial score (nSPS) is 20.5. The zero-order valence-electron chi connectivity index (χ0n) is 17.2. The predicted molar refractivity (Wildman–Crippen MR) is 116 cm³/mol. The lowest BCUT2D eigenvalue weighted by atomic mass is 9.63. The number of carbonyl (C=O) groups is 2. The topological polar surface area (TPSA) is 46.6 Å². The summed E-state index contributed by atoms with van der Waals surface area (Å²) in [6.45, 7) is 4.45. The molecule has 3 aromatic carbocycles. The van der Waals surface area contributed by atoms with Gasteiger partial charge in [-0.1, -0.05) is 90.5 Å². The van der Waals surface area contributed by atoms with Gasteiger partial charge in [-0.05, 0) is 30.5 Å². The Morgan fingerprint density at radius 1 is 0.933 bits per heavy atom. The third-order valence-electron chi connectivity index (χ3n) is 5.74. The van der Waals surface area contributed by atoms with Gasteiger partial charge < -0.3 is 9.64 Å². The first kappa shape index (κ1) is 19.9. The van der Waals surface area contributed by atoms with Crippen molar-refractivity contribution in [3.8, 4) is 0 Å². The molecule has 2 unspecified atom stereocenters. The molecule has 0 aromatic heterocycles. The summed E-state index contributed by atoms with van der Waals surface area (Å²) in [5.74, 6) is -0.710. The van der Waals surface area contributed by atoms with Crippen LogP contribution in [0.3, 0.4) is 0 Å². The van der Waals surface area contributed by atoms with Crippen molar-refractivity contribution in [2.24, 2.45) is 0 Å². The Kier molecular flexibility index (Phi) is 5.40. The van der Waals surface area contributed by atoms with Gasteiger partial charge in [0.25, 0.3) is 0 Å². The van der Waals surface area contributed by atoms with Gasteiger partial charge in [0.2, 0.25) is 5.91 Å². The number of hydrogen-bond acceptors (Lipinski definition) is 3. The highest BCUT2D eigenvalue weighted by Crippen LogP contribution is 2.53. The van der Waals surface area contributed by atoms with E-state index in [1.165, 1.54) is 0 Å². The highest BCUT2D eigenvalue weighted by Gasteiger charge is 2.67. The second-order valence-corrected chi connectivity index (χ2v) is 7.63. The summed E-state index contributed by atoms with van der Waals surface area (Å²) in [6, 6.07) is 26.7. The molecule has 0 N–H and O–H groups in total. The average molecular weight is 399 g/mol. The lowest BCUT2D eigenvalue weighted by molar-refractivity contribution is -0.180. The Hall–Kier alpha value is -3.40. The van der Waals surface area contributed by atoms with E-state index in [0.29, 0.717) is 12.1 Å². The quantitative estimate of drug-likeness (QED) is 0.346. The maximum atomic E-state index is 13.7. The maximum Gasteiger partial charge on any atom is 0.328 e. The summed E-state index contributed by atoms with van der Waals surface area (Å²) in [5, 5.41) is 0. The minimum Gasteiger partial charge on any atom is -0.465 e. The van der Waals surface area contributed by atoms with Gasteiger partial charge in [0.1, 0.15) is 0 Å². The highest BCUT2D eigenvalue weighted by atomic mass is 16.5. The van der Waals surface area contributed by atoms with Crippen molar-refractivity contribution in [1.29, 1.82) is 0 Å². The van der Waals surface area contributed by atoms with E-state index in [-0.39, 0.29) is 12.5 Å². The van der Waals surface area contributed by atoms with Crippen molar-refractivity contribution in [3.63, 3.8) is 0 Å². The molecular weight excluding hydrogens is 374 g/mol. The van der Waals surface area contributed by atoms with E-state index in [2.05, 4.69) is 0 Å². The van der Waals surface area contributed by atoms with Crippen molar-refractivity contribution >= 4 is 11.9 Å². The lowest BCUT2D eigenvalue weighted by Crippen LogP contribution is -2.69. The molecular formula is C26H25NO3. The van der Waals surface area contributed by atoms with Crippen molar-refractivity contribution in [3.05, 3.63) is 107 Å². The molecule has 1 aliphatic rings. The SMILES string of the molecule is CCOC(=O)C1(c2ccccc2)C(=O)N(Cc2ccccc2)C1c1ccc(C)cc1. The number of rotatable bonds is 6. The second kappa shape index (κ2) is 8.15. The first-order chi connectivity index (χ1) is 14.6. The second-order valence-electron chi connectivity index (χ2n) is 7.63. The molecule has 1 saturated heterocycles. The summed E-state index contributed by atoms with van der Waals surface area (Å²) in [7, 11) is 0. The monoisotopic (exact) mass is 399 g/mol. The fourth-order valence-electron chi connectivity index (χ4n) is 4.29. The summed E-state index contributed by atoms with van der Waals surface area (Å²) >= 11 is 0.